The van der Waals surface area contributed by atoms with E-state index >= 15 is 0 Å². The van der Waals surface area contributed by atoms with Crippen LogP contribution in [0.1, 0.15) is 29.7 Å². The van der Waals surface area contributed by atoms with E-state index in [1.54, 1.807) is 19.1 Å². The summed E-state index contributed by atoms with van der Waals surface area (Å²) < 4.78 is 29.7. The summed E-state index contributed by atoms with van der Waals surface area (Å²) in [4.78, 5) is 3.99. The van der Waals surface area contributed by atoms with Crippen molar-refractivity contribution in [2.45, 2.75) is 26.3 Å². The number of aliphatic hydroxyl groups is 1. The first-order valence-corrected chi connectivity index (χ1v) is 8.63. The van der Waals surface area contributed by atoms with E-state index in [1.165, 1.54) is 17.0 Å². The van der Waals surface area contributed by atoms with Crippen molar-refractivity contribution in [2.24, 2.45) is 0 Å². The van der Waals surface area contributed by atoms with Gasteiger partial charge in [0.15, 0.2) is 0 Å². The summed E-state index contributed by atoms with van der Waals surface area (Å²) in [5.41, 5.74) is 7.87. The van der Waals surface area contributed by atoms with Gasteiger partial charge in [-0.2, -0.15) is 5.26 Å². The number of anilines is 1. The fourth-order valence-electron chi connectivity index (χ4n) is 3.25. The van der Waals surface area contributed by atoms with E-state index in [0.29, 0.717) is 28.5 Å². The Morgan fingerprint density at radius 2 is 2.11 bits per heavy atom. The molecule has 1 aromatic carbocycles. The molecular weight excluding hydrogens is 374 g/mol. The molecule has 0 fully saturated rings. The Labute approximate surface area is 159 Å². The number of nitrogens with zero attached hydrogens (tertiary/aromatic N) is 3. The molecule has 2 heterocycles. The largest absolute Gasteiger partial charge is 0.396 e. The van der Waals surface area contributed by atoms with Crippen molar-refractivity contribution in [1.82, 2.24) is 9.55 Å². The highest BCUT2D eigenvalue weighted by atomic mass is 35.5. The molecule has 0 unspecified atom stereocenters. The van der Waals surface area contributed by atoms with E-state index in [1.807, 2.05) is 0 Å². The van der Waals surface area contributed by atoms with Crippen molar-refractivity contribution >= 4 is 28.2 Å². The van der Waals surface area contributed by atoms with Crippen LogP contribution >= 0.6 is 11.6 Å². The number of rotatable bonds is 5. The minimum Gasteiger partial charge on any atom is -0.396 e. The molecule has 8 heteroatoms. The van der Waals surface area contributed by atoms with Crippen molar-refractivity contribution in [1.29, 1.82) is 5.26 Å². The molecular formula is C19H17ClF2N4O. The van der Waals surface area contributed by atoms with Crippen molar-refractivity contribution in [3.63, 3.8) is 0 Å². The lowest BCUT2D eigenvalue weighted by molar-refractivity contribution is 0.141. The van der Waals surface area contributed by atoms with E-state index in [9.17, 15) is 19.1 Å². The normalized spacial score (nSPS) is 11.3. The van der Waals surface area contributed by atoms with E-state index in [0.717, 1.165) is 0 Å². The number of pyridine rings is 1. The lowest BCUT2D eigenvalue weighted by atomic mass is 9.99. The highest BCUT2D eigenvalue weighted by Gasteiger charge is 2.27. The lowest BCUT2D eigenvalue weighted by Crippen LogP contribution is -2.06. The van der Waals surface area contributed by atoms with Gasteiger partial charge >= 0.3 is 0 Å². The van der Waals surface area contributed by atoms with E-state index in [2.05, 4.69) is 11.1 Å². The Hall–Kier alpha value is -2.69. The molecule has 3 aromatic rings. The molecule has 0 saturated heterocycles. The third-order valence-electron chi connectivity index (χ3n) is 4.49. The van der Waals surface area contributed by atoms with Gasteiger partial charge in [-0.1, -0.05) is 11.6 Å². The minimum atomic E-state index is -2.80. The third kappa shape index (κ3) is 3.22. The maximum Gasteiger partial charge on any atom is 0.279 e. The molecule has 140 valence electrons. The van der Waals surface area contributed by atoms with Gasteiger partial charge in [-0.25, -0.2) is 8.78 Å². The monoisotopic (exact) mass is 390 g/mol. The van der Waals surface area contributed by atoms with Crippen LogP contribution in [0.25, 0.3) is 22.0 Å². The molecule has 3 N–H and O–H groups in total. The SMILES string of the molecule is Cc1cc2c(cc1C#N)c(-c1cncc(N)c1Cl)c(C(F)F)n2CCCO. The number of halogens is 3. The van der Waals surface area contributed by atoms with Crippen molar-refractivity contribution in [3.8, 4) is 17.2 Å². The summed E-state index contributed by atoms with van der Waals surface area (Å²) in [5, 5.41) is 19.2. The molecule has 0 amide bonds. The van der Waals surface area contributed by atoms with Gasteiger partial charge in [-0.3, -0.25) is 4.98 Å². The number of aliphatic hydroxyl groups excluding tert-OH is 1. The Balaban J connectivity index is 2.48. The topological polar surface area (TPSA) is 87.9 Å². The minimum absolute atomic E-state index is 0.131. The lowest BCUT2D eigenvalue weighted by Gasteiger charge is -2.12. The van der Waals surface area contributed by atoms with Crippen molar-refractivity contribution < 1.29 is 13.9 Å². The number of alkyl halides is 2. The second-order valence-electron chi connectivity index (χ2n) is 6.18. The smallest absolute Gasteiger partial charge is 0.279 e. The van der Waals surface area contributed by atoms with Gasteiger partial charge in [-0.05, 0) is 31.0 Å². The molecule has 5 nitrogen and oxygen atoms in total. The zero-order chi connectivity index (χ0) is 19.7. The van der Waals surface area contributed by atoms with Crippen molar-refractivity contribution in [2.75, 3.05) is 12.3 Å². The predicted octanol–water partition coefficient (Wildman–Crippen LogP) is 4.44. The Bertz CT molecular complexity index is 1060. The molecule has 27 heavy (non-hydrogen) atoms. The molecule has 0 bridgehead atoms. The standard InChI is InChI=1S/C19H17ClF2N4O/c1-10-5-15-12(6-11(10)7-23)16(13-8-25-9-14(24)17(13)20)18(19(21)22)26(15)3-2-4-27/h5-6,8-9,19,27H,2-4,24H2,1H3. The van der Waals surface area contributed by atoms with Crippen LogP contribution in [0.3, 0.4) is 0 Å². The summed E-state index contributed by atoms with van der Waals surface area (Å²) in [6.45, 7) is 1.82. The summed E-state index contributed by atoms with van der Waals surface area (Å²) >= 11 is 6.30. The van der Waals surface area contributed by atoms with E-state index in [-0.39, 0.29) is 40.7 Å². The van der Waals surface area contributed by atoms with Crippen LogP contribution in [0.4, 0.5) is 14.5 Å². The maximum atomic E-state index is 14.1. The summed E-state index contributed by atoms with van der Waals surface area (Å²) in [7, 11) is 0. The van der Waals surface area contributed by atoms with Crippen LogP contribution in [0.5, 0.6) is 0 Å². The van der Waals surface area contributed by atoms with Gasteiger partial charge in [0.05, 0.1) is 34.2 Å². The van der Waals surface area contributed by atoms with Crippen LogP contribution in [0.2, 0.25) is 5.02 Å². The summed E-state index contributed by atoms with van der Waals surface area (Å²) in [6, 6.07) is 5.37. The van der Waals surface area contributed by atoms with Gasteiger partial charge < -0.3 is 15.4 Å². The Morgan fingerprint density at radius 1 is 1.37 bits per heavy atom. The Morgan fingerprint density at radius 3 is 2.74 bits per heavy atom. The van der Waals surface area contributed by atoms with Gasteiger partial charge in [0, 0.05) is 41.4 Å². The second kappa shape index (κ2) is 7.51. The quantitative estimate of drug-likeness (QED) is 0.674. The average Bonchev–Trinajstić information content (AvgIpc) is 2.94. The number of aromatic nitrogens is 2. The van der Waals surface area contributed by atoms with Crippen LogP contribution < -0.4 is 5.73 Å². The van der Waals surface area contributed by atoms with Gasteiger partial charge in [0.1, 0.15) is 0 Å². The summed E-state index contributed by atoms with van der Waals surface area (Å²) in [5.74, 6) is 0. The first-order chi connectivity index (χ1) is 12.9. The number of aryl methyl sites for hydroxylation is 2. The molecule has 0 radical (unpaired) electrons. The number of hydrogen-bond acceptors (Lipinski definition) is 4. The first-order valence-electron chi connectivity index (χ1n) is 8.25. The van der Waals surface area contributed by atoms with Crippen LogP contribution in [-0.4, -0.2) is 21.3 Å². The molecule has 0 aliphatic carbocycles. The number of benzene rings is 1. The van der Waals surface area contributed by atoms with Gasteiger partial charge in [0.25, 0.3) is 6.43 Å². The maximum absolute atomic E-state index is 14.1. The van der Waals surface area contributed by atoms with E-state index < -0.39 is 6.43 Å². The second-order valence-corrected chi connectivity index (χ2v) is 6.55. The van der Waals surface area contributed by atoms with Crippen LogP contribution in [0.15, 0.2) is 24.5 Å². The first kappa shape index (κ1) is 19.1. The molecule has 0 spiro atoms. The fourth-order valence-corrected chi connectivity index (χ4v) is 3.45. The number of nitrogens with two attached hydrogens (primary N) is 1. The molecule has 0 atom stereocenters. The highest BCUT2D eigenvalue weighted by Crippen LogP contribution is 2.44. The zero-order valence-corrected chi connectivity index (χ0v) is 15.3. The zero-order valence-electron chi connectivity index (χ0n) is 14.5. The fraction of sp³-hybridized carbons (Fsp3) is 0.263. The van der Waals surface area contributed by atoms with Crippen LogP contribution in [-0.2, 0) is 6.54 Å². The third-order valence-corrected chi connectivity index (χ3v) is 4.92. The van der Waals surface area contributed by atoms with Crippen molar-refractivity contribution in [3.05, 3.63) is 46.4 Å². The molecule has 3 rings (SSSR count). The Kier molecular flexibility index (Phi) is 5.31. The summed E-state index contributed by atoms with van der Waals surface area (Å²) in [6.07, 6.45) is 0.255. The number of fused-ring (bicyclic) bond motifs is 1. The average molecular weight is 391 g/mol. The molecule has 0 saturated carbocycles. The molecule has 2 aromatic heterocycles. The van der Waals surface area contributed by atoms with Gasteiger partial charge in [-0.15, -0.1) is 0 Å². The molecule has 0 aliphatic heterocycles. The number of hydrogen-bond donors (Lipinski definition) is 2. The van der Waals surface area contributed by atoms with Crippen LogP contribution in [0, 0.1) is 18.3 Å². The number of nitriles is 1. The predicted molar refractivity (Wildman–Crippen MR) is 101 cm³/mol. The number of nitrogen functional groups attached to an aromatic ring is 1. The molecule has 0 aliphatic rings. The highest BCUT2D eigenvalue weighted by molar-refractivity contribution is 6.36. The van der Waals surface area contributed by atoms with Gasteiger partial charge in [0.2, 0.25) is 0 Å². The van der Waals surface area contributed by atoms with E-state index in [4.69, 9.17) is 17.3 Å².